The SMILES string of the molecule is CC(NC(=O)c1n[nH]nc1Nc1cccc(Cl)c1)c1ccccc1. The molecule has 7 heteroatoms. The molecule has 3 N–H and O–H groups in total. The Morgan fingerprint density at radius 2 is 1.92 bits per heavy atom. The number of carbonyl (C=O) groups is 1. The van der Waals surface area contributed by atoms with Crippen LogP contribution in [0.25, 0.3) is 0 Å². The van der Waals surface area contributed by atoms with E-state index in [1.807, 2.05) is 49.4 Å². The standard InChI is InChI=1S/C17H16ClN5O/c1-11(12-6-3-2-4-7-12)19-17(24)15-16(22-23-21-15)20-14-9-5-8-13(18)10-14/h2-11H,1H3,(H,19,24)(H2,20,21,22,23). The van der Waals surface area contributed by atoms with Crippen LogP contribution in [0.2, 0.25) is 5.02 Å². The number of halogens is 1. The van der Waals surface area contributed by atoms with Gasteiger partial charge in [0.05, 0.1) is 6.04 Å². The second kappa shape index (κ2) is 7.14. The van der Waals surface area contributed by atoms with Crippen LogP contribution in [0.3, 0.4) is 0 Å². The maximum Gasteiger partial charge on any atom is 0.276 e. The van der Waals surface area contributed by atoms with Gasteiger partial charge in [-0.15, -0.1) is 10.2 Å². The van der Waals surface area contributed by atoms with Crippen LogP contribution in [0.15, 0.2) is 54.6 Å². The molecule has 0 aliphatic carbocycles. The number of rotatable bonds is 5. The van der Waals surface area contributed by atoms with Crippen LogP contribution in [-0.4, -0.2) is 21.3 Å². The zero-order chi connectivity index (χ0) is 16.9. The lowest BCUT2D eigenvalue weighted by molar-refractivity contribution is 0.0935. The summed E-state index contributed by atoms with van der Waals surface area (Å²) in [6.45, 7) is 1.91. The summed E-state index contributed by atoms with van der Waals surface area (Å²) in [7, 11) is 0. The van der Waals surface area contributed by atoms with E-state index >= 15 is 0 Å². The van der Waals surface area contributed by atoms with Gasteiger partial charge in [-0.25, -0.2) is 0 Å². The molecular weight excluding hydrogens is 326 g/mol. The van der Waals surface area contributed by atoms with E-state index in [-0.39, 0.29) is 17.6 Å². The van der Waals surface area contributed by atoms with Crippen LogP contribution in [0.5, 0.6) is 0 Å². The highest BCUT2D eigenvalue weighted by atomic mass is 35.5. The summed E-state index contributed by atoms with van der Waals surface area (Å²) in [4.78, 5) is 12.5. The molecule has 0 spiro atoms. The zero-order valence-corrected chi connectivity index (χ0v) is 13.7. The molecule has 122 valence electrons. The monoisotopic (exact) mass is 341 g/mol. The Morgan fingerprint density at radius 1 is 1.12 bits per heavy atom. The third kappa shape index (κ3) is 3.72. The zero-order valence-electron chi connectivity index (χ0n) is 13.0. The topological polar surface area (TPSA) is 82.7 Å². The molecule has 0 aliphatic heterocycles. The minimum atomic E-state index is -0.315. The van der Waals surface area contributed by atoms with Crippen LogP contribution in [0, 0.1) is 0 Å². The summed E-state index contributed by atoms with van der Waals surface area (Å²) in [6.07, 6.45) is 0. The fourth-order valence-electron chi connectivity index (χ4n) is 2.27. The van der Waals surface area contributed by atoms with Gasteiger partial charge in [0, 0.05) is 10.7 Å². The molecule has 1 amide bonds. The Bertz CT molecular complexity index is 834. The first-order valence-electron chi connectivity index (χ1n) is 7.42. The largest absolute Gasteiger partial charge is 0.344 e. The number of amides is 1. The van der Waals surface area contributed by atoms with E-state index in [1.165, 1.54) is 0 Å². The molecule has 0 saturated carbocycles. The molecule has 24 heavy (non-hydrogen) atoms. The smallest absolute Gasteiger partial charge is 0.276 e. The summed E-state index contributed by atoms with van der Waals surface area (Å²) in [6, 6.07) is 16.7. The number of H-pyrrole nitrogens is 1. The van der Waals surface area contributed by atoms with Gasteiger partial charge in [0.15, 0.2) is 11.5 Å². The first-order chi connectivity index (χ1) is 11.6. The summed E-state index contributed by atoms with van der Waals surface area (Å²) >= 11 is 5.96. The molecule has 0 radical (unpaired) electrons. The molecule has 0 aliphatic rings. The lowest BCUT2D eigenvalue weighted by atomic mass is 10.1. The summed E-state index contributed by atoms with van der Waals surface area (Å²) in [5, 5.41) is 16.9. The highest BCUT2D eigenvalue weighted by Crippen LogP contribution is 2.21. The van der Waals surface area contributed by atoms with E-state index in [0.29, 0.717) is 10.8 Å². The van der Waals surface area contributed by atoms with Gasteiger partial charge in [0.1, 0.15) is 0 Å². The van der Waals surface area contributed by atoms with Gasteiger partial charge < -0.3 is 10.6 Å². The van der Waals surface area contributed by atoms with Crippen molar-refractivity contribution in [1.82, 2.24) is 20.7 Å². The number of nitrogens with zero attached hydrogens (tertiary/aromatic N) is 2. The van der Waals surface area contributed by atoms with Gasteiger partial charge in [-0.3, -0.25) is 4.79 Å². The Hall–Kier alpha value is -2.86. The predicted molar refractivity (Wildman–Crippen MR) is 93.4 cm³/mol. The average molecular weight is 342 g/mol. The van der Waals surface area contributed by atoms with Crippen LogP contribution < -0.4 is 10.6 Å². The van der Waals surface area contributed by atoms with E-state index < -0.39 is 0 Å². The second-order valence-electron chi connectivity index (χ2n) is 5.26. The van der Waals surface area contributed by atoms with E-state index in [0.717, 1.165) is 11.3 Å². The van der Waals surface area contributed by atoms with Gasteiger partial charge in [0.25, 0.3) is 5.91 Å². The predicted octanol–water partition coefficient (Wildman–Crippen LogP) is 3.69. The molecule has 0 bridgehead atoms. The molecule has 1 unspecified atom stereocenters. The van der Waals surface area contributed by atoms with Crippen molar-refractivity contribution in [3.63, 3.8) is 0 Å². The van der Waals surface area contributed by atoms with Gasteiger partial charge in [-0.05, 0) is 30.7 Å². The average Bonchev–Trinajstić information content (AvgIpc) is 3.04. The molecule has 6 nitrogen and oxygen atoms in total. The molecule has 3 aromatic rings. The van der Waals surface area contributed by atoms with Crippen molar-refractivity contribution in [2.45, 2.75) is 13.0 Å². The lowest BCUT2D eigenvalue weighted by Gasteiger charge is -2.13. The number of aromatic amines is 1. The van der Waals surface area contributed by atoms with Gasteiger partial charge in [-0.2, -0.15) is 5.21 Å². The number of aromatic nitrogens is 3. The summed E-state index contributed by atoms with van der Waals surface area (Å²) in [5.41, 5.74) is 1.93. The lowest BCUT2D eigenvalue weighted by Crippen LogP contribution is -2.27. The Labute approximate surface area is 144 Å². The highest BCUT2D eigenvalue weighted by Gasteiger charge is 2.19. The molecule has 3 rings (SSSR count). The van der Waals surface area contributed by atoms with Crippen molar-refractivity contribution in [3.05, 3.63) is 70.9 Å². The van der Waals surface area contributed by atoms with Gasteiger partial charge in [-0.1, -0.05) is 48.0 Å². The number of anilines is 2. The molecule has 2 aromatic carbocycles. The normalized spacial score (nSPS) is 11.8. The van der Waals surface area contributed by atoms with Crippen LogP contribution in [-0.2, 0) is 0 Å². The van der Waals surface area contributed by atoms with E-state index in [4.69, 9.17) is 11.6 Å². The maximum atomic E-state index is 12.5. The van der Waals surface area contributed by atoms with Crippen molar-refractivity contribution in [1.29, 1.82) is 0 Å². The van der Waals surface area contributed by atoms with Crippen molar-refractivity contribution in [3.8, 4) is 0 Å². The molecule has 1 heterocycles. The third-order valence-electron chi connectivity index (χ3n) is 3.50. The molecule has 0 fully saturated rings. The highest BCUT2D eigenvalue weighted by molar-refractivity contribution is 6.30. The molecule has 1 atom stereocenters. The fraction of sp³-hybridized carbons (Fsp3) is 0.118. The first-order valence-corrected chi connectivity index (χ1v) is 7.80. The molecule has 1 aromatic heterocycles. The minimum absolute atomic E-state index is 0.144. The minimum Gasteiger partial charge on any atom is -0.344 e. The summed E-state index contributed by atoms with van der Waals surface area (Å²) < 4.78 is 0. The van der Waals surface area contributed by atoms with E-state index in [2.05, 4.69) is 26.0 Å². The number of hydrogen-bond donors (Lipinski definition) is 3. The second-order valence-corrected chi connectivity index (χ2v) is 5.70. The van der Waals surface area contributed by atoms with Crippen molar-refractivity contribution in [2.75, 3.05) is 5.32 Å². The number of nitrogens with one attached hydrogen (secondary N) is 3. The maximum absolute atomic E-state index is 12.5. The van der Waals surface area contributed by atoms with Crippen LogP contribution in [0.4, 0.5) is 11.5 Å². The number of hydrogen-bond acceptors (Lipinski definition) is 4. The third-order valence-corrected chi connectivity index (χ3v) is 3.73. The first kappa shape index (κ1) is 16.0. The summed E-state index contributed by atoms with van der Waals surface area (Å²) in [5.74, 6) is 0.0275. The van der Waals surface area contributed by atoms with E-state index in [1.54, 1.807) is 12.1 Å². The quantitative estimate of drug-likeness (QED) is 0.661. The van der Waals surface area contributed by atoms with Crippen LogP contribution in [0.1, 0.15) is 29.0 Å². The Kier molecular flexibility index (Phi) is 4.77. The van der Waals surface area contributed by atoms with Crippen molar-refractivity contribution in [2.24, 2.45) is 0 Å². The molecular formula is C17H16ClN5O. The Morgan fingerprint density at radius 3 is 2.67 bits per heavy atom. The van der Waals surface area contributed by atoms with Gasteiger partial charge in [0.2, 0.25) is 0 Å². The van der Waals surface area contributed by atoms with E-state index in [9.17, 15) is 4.79 Å². The Balaban J connectivity index is 1.73. The van der Waals surface area contributed by atoms with Crippen molar-refractivity contribution >= 4 is 29.0 Å². The molecule has 0 saturated heterocycles. The number of carbonyl (C=O) groups excluding carboxylic acids is 1. The van der Waals surface area contributed by atoms with Crippen LogP contribution >= 0.6 is 11.6 Å². The number of benzene rings is 2. The van der Waals surface area contributed by atoms with Crippen molar-refractivity contribution < 1.29 is 4.79 Å². The van der Waals surface area contributed by atoms with Gasteiger partial charge >= 0.3 is 0 Å². The fourth-order valence-corrected chi connectivity index (χ4v) is 2.46.